The Morgan fingerprint density at radius 1 is 1.47 bits per heavy atom. The van der Waals surface area contributed by atoms with E-state index >= 15 is 0 Å². The summed E-state index contributed by atoms with van der Waals surface area (Å²) in [4.78, 5) is 0. The summed E-state index contributed by atoms with van der Waals surface area (Å²) in [5.41, 5.74) is 0.997. The molecule has 0 bridgehead atoms. The maximum Gasteiger partial charge on any atom is 0.141 e. The Balaban J connectivity index is 3.04. The highest BCUT2D eigenvalue weighted by Gasteiger charge is 2.16. The van der Waals surface area contributed by atoms with Gasteiger partial charge < -0.3 is 10.1 Å². The lowest BCUT2D eigenvalue weighted by Crippen LogP contribution is -2.17. The molecule has 1 rings (SSSR count). The zero-order valence-corrected chi connectivity index (χ0v) is 12.1. The molecular weight excluding hydrogens is 285 g/mol. The molecule has 0 fully saturated rings. The summed E-state index contributed by atoms with van der Waals surface area (Å²) in [6, 6.07) is 3.42. The molecule has 0 spiro atoms. The first-order valence-electron chi connectivity index (χ1n) is 5.84. The van der Waals surface area contributed by atoms with Gasteiger partial charge in [-0.3, -0.25) is 0 Å². The molecule has 17 heavy (non-hydrogen) atoms. The molecule has 0 saturated heterocycles. The van der Waals surface area contributed by atoms with Crippen LogP contribution in [0.4, 0.5) is 4.39 Å². The Labute approximate surface area is 111 Å². The second kappa shape index (κ2) is 6.97. The van der Waals surface area contributed by atoms with Gasteiger partial charge in [-0.2, -0.15) is 0 Å². The van der Waals surface area contributed by atoms with E-state index in [2.05, 4.69) is 28.2 Å². The average molecular weight is 304 g/mol. The summed E-state index contributed by atoms with van der Waals surface area (Å²) in [5.74, 6) is 0.303. The van der Waals surface area contributed by atoms with E-state index in [1.807, 2.05) is 7.05 Å². The average Bonchev–Trinajstić information content (AvgIpc) is 2.34. The van der Waals surface area contributed by atoms with Gasteiger partial charge in [0.05, 0.1) is 11.6 Å². The van der Waals surface area contributed by atoms with Gasteiger partial charge in [-0.1, -0.05) is 19.8 Å². The number of hydrogen-bond donors (Lipinski definition) is 1. The largest absolute Gasteiger partial charge is 0.496 e. The molecule has 2 nitrogen and oxygen atoms in total. The monoisotopic (exact) mass is 303 g/mol. The van der Waals surface area contributed by atoms with Crippen molar-refractivity contribution >= 4 is 15.9 Å². The Kier molecular flexibility index (Phi) is 5.92. The van der Waals surface area contributed by atoms with Crippen LogP contribution in [0.2, 0.25) is 0 Å². The predicted molar refractivity (Wildman–Crippen MR) is 72.0 cm³/mol. The van der Waals surface area contributed by atoms with Gasteiger partial charge in [0.2, 0.25) is 0 Å². The number of nitrogens with one attached hydrogen (secondary N) is 1. The van der Waals surface area contributed by atoms with Gasteiger partial charge in [-0.05, 0) is 35.5 Å². The van der Waals surface area contributed by atoms with Crippen LogP contribution in [-0.4, -0.2) is 14.2 Å². The highest BCUT2D eigenvalue weighted by atomic mass is 79.9. The lowest BCUT2D eigenvalue weighted by atomic mass is 10.0. The molecule has 1 aromatic rings. The van der Waals surface area contributed by atoms with Crippen molar-refractivity contribution < 1.29 is 9.13 Å². The van der Waals surface area contributed by atoms with Crippen LogP contribution in [-0.2, 0) is 0 Å². The number of ether oxygens (including phenoxy) is 1. The van der Waals surface area contributed by atoms with E-state index in [-0.39, 0.29) is 11.9 Å². The summed E-state index contributed by atoms with van der Waals surface area (Å²) >= 11 is 3.22. The fourth-order valence-corrected chi connectivity index (χ4v) is 2.22. The fraction of sp³-hybridized carbons (Fsp3) is 0.538. The zero-order chi connectivity index (χ0) is 12.8. The third-order valence-electron chi connectivity index (χ3n) is 2.84. The first-order valence-corrected chi connectivity index (χ1v) is 6.63. The highest BCUT2D eigenvalue weighted by molar-refractivity contribution is 9.10. The topological polar surface area (TPSA) is 21.3 Å². The summed E-state index contributed by atoms with van der Waals surface area (Å²) in [7, 11) is 3.48. The van der Waals surface area contributed by atoms with Crippen molar-refractivity contribution in [2.24, 2.45) is 0 Å². The van der Waals surface area contributed by atoms with Gasteiger partial charge in [0, 0.05) is 17.7 Å². The predicted octanol–water partition coefficient (Wildman–Crippen LogP) is 4.05. The van der Waals surface area contributed by atoms with Crippen molar-refractivity contribution in [1.29, 1.82) is 0 Å². The van der Waals surface area contributed by atoms with Crippen LogP contribution < -0.4 is 10.1 Å². The molecule has 1 unspecified atom stereocenters. The van der Waals surface area contributed by atoms with Crippen molar-refractivity contribution in [2.45, 2.75) is 32.2 Å². The number of hydrogen-bond acceptors (Lipinski definition) is 2. The normalized spacial score (nSPS) is 12.5. The van der Waals surface area contributed by atoms with E-state index in [0.717, 1.165) is 24.8 Å². The summed E-state index contributed by atoms with van der Waals surface area (Å²) < 4.78 is 19.1. The molecule has 1 atom stereocenters. The van der Waals surface area contributed by atoms with Crippen molar-refractivity contribution in [3.63, 3.8) is 0 Å². The van der Waals surface area contributed by atoms with Gasteiger partial charge in [-0.15, -0.1) is 0 Å². The van der Waals surface area contributed by atoms with Crippen LogP contribution in [0.3, 0.4) is 0 Å². The van der Waals surface area contributed by atoms with Crippen molar-refractivity contribution in [2.75, 3.05) is 14.2 Å². The maximum atomic E-state index is 13.4. The minimum Gasteiger partial charge on any atom is -0.496 e. The number of benzene rings is 1. The molecule has 0 amide bonds. The fourth-order valence-electron chi connectivity index (χ4n) is 1.86. The molecule has 1 N–H and O–H groups in total. The Morgan fingerprint density at radius 3 is 2.71 bits per heavy atom. The lowest BCUT2D eigenvalue weighted by molar-refractivity contribution is 0.393. The molecule has 1 aromatic carbocycles. The second-order valence-corrected chi connectivity index (χ2v) is 4.85. The zero-order valence-electron chi connectivity index (χ0n) is 10.5. The summed E-state index contributed by atoms with van der Waals surface area (Å²) in [5, 5.41) is 3.25. The molecule has 0 aliphatic heterocycles. The van der Waals surface area contributed by atoms with Crippen LogP contribution in [0.1, 0.15) is 37.8 Å². The molecule has 4 heteroatoms. The van der Waals surface area contributed by atoms with Gasteiger partial charge in [0.15, 0.2) is 0 Å². The van der Waals surface area contributed by atoms with Gasteiger partial charge >= 0.3 is 0 Å². The van der Waals surface area contributed by atoms with Crippen molar-refractivity contribution in [3.05, 3.63) is 28.0 Å². The Bertz CT molecular complexity index is 371. The lowest BCUT2D eigenvalue weighted by Gasteiger charge is -2.19. The van der Waals surface area contributed by atoms with Gasteiger partial charge in [0.25, 0.3) is 0 Å². The first-order chi connectivity index (χ1) is 8.13. The molecule has 96 valence electrons. The number of unbranched alkanes of at least 4 members (excludes halogenated alkanes) is 1. The smallest absolute Gasteiger partial charge is 0.141 e. The van der Waals surface area contributed by atoms with Crippen LogP contribution in [0.25, 0.3) is 0 Å². The van der Waals surface area contributed by atoms with Crippen LogP contribution >= 0.6 is 15.9 Å². The first kappa shape index (κ1) is 14.5. The van der Waals surface area contributed by atoms with E-state index in [0.29, 0.717) is 10.2 Å². The highest BCUT2D eigenvalue weighted by Crippen LogP contribution is 2.32. The number of halogens is 2. The quantitative estimate of drug-likeness (QED) is 0.856. The molecule has 0 heterocycles. The molecule has 0 aromatic heterocycles. The summed E-state index contributed by atoms with van der Waals surface area (Å²) in [6.45, 7) is 2.16. The molecule has 0 saturated carbocycles. The van der Waals surface area contributed by atoms with Gasteiger partial charge in [-0.25, -0.2) is 4.39 Å². The molecule has 0 aliphatic rings. The van der Waals surface area contributed by atoms with Crippen LogP contribution in [0.5, 0.6) is 5.75 Å². The SMILES string of the molecule is CCCCC(NC)c1cc(Br)c(F)cc1OC. The van der Waals surface area contributed by atoms with Crippen LogP contribution in [0.15, 0.2) is 16.6 Å². The Morgan fingerprint density at radius 2 is 2.18 bits per heavy atom. The molecule has 0 aliphatic carbocycles. The Hall–Kier alpha value is -0.610. The second-order valence-electron chi connectivity index (χ2n) is 3.99. The van der Waals surface area contributed by atoms with E-state index in [9.17, 15) is 4.39 Å². The maximum absolute atomic E-state index is 13.4. The van der Waals surface area contributed by atoms with Crippen molar-refractivity contribution in [1.82, 2.24) is 5.32 Å². The van der Waals surface area contributed by atoms with Crippen LogP contribution in [0, 0.1) is 5.82 Å². The number of methoxy groups -OCH3 is 1. The van der Waals surface area contributed by atoms with Crippen molar-refractivity contribution in [3.8, 4) is 5.75 Å². The van der Waals surface area contributed by atoms with Gasteiger partial charge in [0.1, 0.15) is 11.6 Å². The van der Waals surface area contributed by atoms with E-state index in [4.69, 9.17) is 4.74 Å². The van der Waals surface area contributed by atoms with E-state index < -0.39 is 0 Å². The third-order valence-corrected chi connectivity index (χ3v) is 3.45. The minimum absolute atomic E-state index is 0.196. The third kappa shape index (κ3) is 3.68. The summed E-state index contributed by atoms with van der Waals surface area (Å²) in [6.07, 6.45) is 3.29. The molecular formula is C13H19BrFNO. The minimum atomic E-state index is -0.295. The van der Waals surface area contributed by atoms with E-state index in [1.165, 1.54) is 6.07 Å². The van der Waals surface area contributed by atoms with E-state index in [1.54, 1.807) is 13.2 Å². The molecule has 0 radical (unpaired) electrons. The standard InChI is InChI=1S/C13H19BrFNO/c1-4-5-6-12(16-2)9-7-10(14)11(15)8-13(9)17-3/h7-8,12,16H,4-6H2,1-3H3. The number of rotatable bonds is 6.